The van der Waals surface area contributed by atoms with Crippen molar-refractivity contribution in [1.29, 1.82) is 0 Å². The lowest BCUT2D eigenvalue weighted by Gasteiger charge is -2.44. The Bertz CT molecular complexity index is 2320. The first-order valence-corrected chi connectivity index (χ1v) is 16.9. The minimum Gasteiger partial charge on any atom is -0.504 e. The third-order valence-electron chi connectivity index (χ3n) is 9.75. The summed E-state index contributed by atoms with van der Waals surface area (Å²) in [5.74, 6) is -2.67. The van der Waals surface area contributed by atoms with Crippen molar-refractivity contribution < 1.29 is 37.0 Å². The van der Waals surface area contributed by atoms with E-state index in [2.05, 4.69) is 20.5 Å². The van der Waals surface area contributed by atoms with Gasteiger partial charge in [-0.25, -0.2) is 4.39 Å². The molecule has 5 heterocycles. The molecule has 3 aliphatic rings. The Morgan fingerprint density at radius 2 is 1.90 bits per heavy atom. The molecule has 0 atom stereocenters. The van der Waals surface area contributed by atoms with Crippen molar-refractivity contribution in [2.24, 2.45) is 0 Å². The number of hydrogen-bond donors (Lipinski definition) is 2. The van der Waals surface area contributed by atoms with Crippen molar-refractivity contribution >= 4 is 34.9 Å². The number of carbonyl (C=O) groups excluding carboxylic acids is 2. The minimum atomic E-state index is -4.63. The van der Waals surface area contributed by atoms with Crippen LogP contribution in [-0.2, 0) is 34.3 Å². The maximum atomic E-state index is 14.4. The van der Waals surface area contributed by atoms with Crippen LogP contribution in [0.3, 0.4) is 0 Å². The molecule has 2 amide bonds. The molecule has 2 N–H and O–H groups in total. The van der Waals surface area contributed by atoms with Crippen molar-refractivity contribution in [3.05, 3.63) is 92.4 Å². The number of ether oxygens (including phenoxy) is 1. The summed E-state index contributed by atoms with van der Waals surface area (Å²) in [6, 6.07) is 6.56. The van der Waals surface area contributed by atoms with Crippen LogP contribution in [0.15, 0.2) is 53.6 Å². The Morgan fingerprint density at radius 3 is 2.62 bits per heavy atom. The predicted octanol–water partition coefficient (Wildman–Crippen LogP) is 4.95. The molecule has 13 nitrogen and oxygen atoms in total. The molecule has 0 bridgehead atoms. The third-order valence-corrected chi connectivity index (χ3v) is 10.1. The van der Waals surface area contributed by atoms with Crippen LogP contribution in [0.4, 0.5) is 23.2 Å². The number of phenols is 1. The van der Waals surface area contributed by atoms with Gasteiger partial charge in [0.05, 0.1) is 51.8 Å². The lowest BCUT2D eigenvalue weighted by atomic mass is 9.81. The Hall–Kier alpha value is -5.29. The molecule has 2 aromatic carbocycles. The second-order valence-corrected chi connectivity index (χ2v) is 13.5. The highest BCUT2D eigenvalue weighted by Gasteiger charge is 2.46. The van der Waals surface area contributed by atoms with Gasteiger partial charge in [0.2, 0.25) is 11.7 Å². The molecule has 1 spiro atoms. The van der Waals surface area contributed by atoms with E-state index < -0.39 is 52.8 Å². The summed E-state index contributed by atoms with van der Waals surface area (Å²) in [7, 11) is 0. The van der Waals surface area contributed by atoms with Crippen LogP contribution in [0.2, 0.25) is 5.02 Å². The summed E-state index contributed by atoms with van der Waals surface area (Å²) in [4.78, 5) is 47.4. The number of fused-ring (bicyclic) bond motifs is 3. The highest BCUT2D eigenvalue weighted by Crippen LogP contribution is 2.41. The van der Waals surface area contributed by atoms with Crippen LogP contribution in [0, 0.1) is 5.82 Å². The molecule has 18 heteroatoms. The summed E-state index contributed by atoms with van der Waals surface area (Å²) in [6.45, 7) is -0.0612. The highest BCUT2D eigenvalue weighted by molar-refractivity contribution is 6.33. The highest BCUT2D eigenvalue weighted by atomic mass is 35.5. The fraction of sp³-hybridized carbons (Fsp3) is 0.353. The van der Waals surface area contributed by atoms with Gasteiger partial charge in [0.25, 0.3) is 11.5 Å². The van der Waals surface area contributed by atoms with Crippen LogP contribution < -0.4 is 10.9 Å². The molecule has 2 fully saturated rings. The number of hydrogen-bond acceptors (Lipinski definition) is 8. The maximum Gasteiger partial charge on any atom is 0.416 e. The van der Waals surface area contributed by atoms with Crippen LogP contribution in [0.5, 0.6) is 5.75 Å². The van der Waals surface area contributed by atoms with E-state index >= 15 is 0 Å². The van der Waals surface area contributed by atoms with Crippen LogP contribution in [-0.4, -0.2) is 70.5 Å². The fourth-order valence-corrected chi connectivity index (χ4v) is 7.19. The fourth-order valence-electron chi connectivity index (χ4n) is 6.96. The van der Waals surface area contributed by atoms with Gasteiger partial charge < -0.3 is 24.6 Å². The average molecular weight is 741 g/mol. The van der Waals surface area contributed by atoms with Gasteiger partial charge in [0.1, 0.15) is 12.1 Å². The number of aromatic nitrogens is 6. The molecular weight excluding hydrogens is 712 g/mol. The summed E-state index contributed by atoms with van der Waals surface area (Å²) < 4.78 is 64.5. The van der Waals surface area contributed by atoms with E-state index in [9.17, 15) is 37.1 Å². The monoisotopic (exact) mass is 740 g/mol. The van der Waals surface area contributed by atoms with Crippen LogP contribution in [0.1, 0.15) is 58.9 Å². The number of nitrogens with zero attached hydrogens (tertiary/aromatic N) is 7. The van der Waals surface area contributed by atoms with Crippen molar-refractivity contribution in [2.45, 2.75) is 56.5 Å². The number of carbonyl (C=O) groups is 2. The van der Waals surface area contributed by atoms with Crippen molar-refractivity contribution in [3.63, 3.8) is 0 Å². The number of phenolic OH excluding ortho intramolecular Hbond substituents is 1. The summed E-state index contributed by atoms with van der Waals surface area (Å²) in [5.41, 5.74) is -1.69. The number of para-hydroxylation sites is 1. The van der Waals surface area contributed by atoms with E-state index in [1.807, 2.05) is 0 Å². The molecule has 0 radical (unpaired) electrons. The van der Waals surface area contributed by atoms with Gasteiger partial charge in [-0.1, -0.05) is 17.7 Å². The maximum absolute atomic E-state index is 14.4. The third kappa shape index (κ3) is 5.86. The molecule has 270 valence electrons. The van der Waals surface area contributed by atoms with E-state index in [0.29, 0.717) is 11.3 Å². The summed E-state index contributed by atoms with van der Waals surface area (Å²) >= 11 is 6.13. The number of anilines is 1. The average Bonchev–Trinajstić information content (AvgIpc) is 3.66. The Labute approximate surface area is 296 Å². The molecule has 52 heavy (non-hydrogen) atoms. The first-order chi connectivity index (χ1) is 24.8. The zero-order chi connectivity index (χ0) is 36.5. The van der Waals surface area contributed by atoms with Gasteiger partial charge in [-0.15, -0.1) is 5.10 Å². The number of halogens is 5. The topological polar surface area (TPSA) is 149 Å². The SMILES string of the molecule is O=C(Cn1c2c(c(=O)n3nc(-c4cnn(C5CC5)c4)nc13)C1(CCN(C(=O)c3cccc(F)c3O)CC1)OCC2)Nc1ccc(C(F)(F)F)cc1Cl. The van der Waals surface area contributed by atoms with E-state index in [1.165, 1.54) is 17.0 Å². The van der Waals surface area contributed by atoms with Gasteiger partial charge in [-0.05, 0) is 56.0 Å². The Morgan fingerprint density at radius 1 is 1.13 bits per heavy atom. The smallest absolute Gasteiger partial charge is 0.416 e. The van der Waals surface area contributed by atoms with Gasteiger partial charge >= 0.3 is 6.18 Å². The molecule has 5 aromatic rings. The van der Waals surface area contributed by atoms with E-state index in [-0.39, 0.29) is 78.4 Å². The second kappa shape index (κ2) is 12.4. The lowest BCUT2D eigenvalue weighted by molar-refractivity contribution is -0.137. The molecule has 8 rings (SSSR count). The first kappa shape index (κ1) is 33.8. The van der Waals surface area contributed by atoms with Crippen molar-refractivity contribution in [1.82, 2.24) is 33.8 Å². The molecule has 0 unspecified atom stereocenters. The summed E-state index contributed by atoms with van der Waals surface area (Å²) in [6.07, 6.45) is 1.25. The standard InChI is InChI=1S/C34H29ClF4N8O5/c35-22-14-19(34(37,38)39)4-7-24(22)41-26(48)17-45-25-8-13-52-33(9-11-44(12-10-33)30(50)21-2-1-3-23(36)28(21)49)27(25)31(51)47-32(45)42-29(43-47)18-15-40-46(16-18)20-5-6-20/h1-4,7,14-16,20,49H,5-6,8-13,17H2,(H,41,48). The normalized spacial score (nSPS) is 17.1. The van der Waals surface area contributed by atoms with E-state index in [0.717, 1.165) is 41.6 Å². The number of piperidine rings is 1. The molecule has 2 aliphatic heterocycles. The van der Waals surface area contributed by atoms with Crippen molar-refractivity contribution in [2.75, 3.05) is 25.0 Å². The molecular formula is C34H29ClF4N8O5. The van der Waals surface area contributed by atoms with E-state index in [4.69, 9.17) is 16.3 Å². The largest absolute Gasteiger partial charge is 0.504 e. The number of amides is 2. The van der Waals surface area contributed by atoms with Crippen LogP contribution >= 0.6 is 11.6 Å². The predicted molar refractivity (Wildman–Crippen MR) is 176 cm³/mol. The number of nitrogens with one attached hydrogen (secondary N) is 1. The molecule has 3 aromatic heterocycles. The molecule has 1 saturated heterocycles. The zero-order valence-corrected chi connectivity index (χ0v) is 27.9. The van der Waals surface area contributed by atoms with Gasteiger partial charge in [-0.3, -0.25) is 19.1 Å². The number of alkyl halides is 3. The van der Waals surface area contributed by atoms with Crippen molar-refractivity contribution in [3.8, 4) is 17.1 Å². The molecule has 1 saturated carbocycles. The minimum absolute atomic E-state index is 0.0403. The Kier molecular flexibility index (Phi) is 8.09. The number of rotatable bonds is 6. The van der Waals surface area contributed by atoms with Crippen LogP contribution in [0.25, 0.3) is 17.2 Å². The number of benzene rings is 2. The summed E-state index contributed by atoms with van der Waals surface area (Å²) in [5, 5.41) is 21.4. The van der Waals surface area contributed by atoms with Gasteiger partial charge in [-0.2, -0.15) is 27.8 Å². The van der Waals surface area contributed by atoms with Gasteiger partial charge in [0.15, 0.2) is 17.4 Å². The number of likely N-dealkylation sites (tertiary alicyclic amines) is 1. The first-order valence-electron chi connectivity index (χ1n) is 16.5. The number of aromatic hydroxyl groups is 1. The quantitative estimate of drug-likeness (QED) is 0.233. The van der Waals surface area contributed by atoms with Gasteiger partial charge in [0, 0.05) is 31.4 Å². The lowest BCUT2D eigenvalue weighted by Crippen LogP contribution is -2.52. The molecule has 1 aliphatic carbocycles. The zero-order valence-electron chi connectivity index (χ0n) is 27.2. The second-order valence-electron chi connectivity index (χ2n) is 13.1. The Balaban J connectivity index is 1.17. The van der Waals surface area contributed by atoms with E-state index in [1.54, 1.807) is 21.6 Å².